The van der Waals surface area contributed by atoms with E-state index in [1.54, 1.807) is 0 Å². The summed E-state index contributed by atoms with van der Waals surface area (Å²) in [5.41, 5.74) is 11.1. The van der Waals surface area contributed by atoms with E-state index < -0.39 is 0 Å². The number of carbonyl (C=O) groups is 3. The van der Waals surface area contributed by atoms with E-state index >= 15 is 0 Å². The molecule has 5 heterocycles. The van der Waals surface area contributed by atoms with E-state index in [9.17, 15) is 14.4 Å². The minimum atomic E-state index is -0.362. The Balaban J connectivity index is 1.32. The number of rotatable bonds is 2. The molecule has 1 saturated carbocycles. The Morgan fingerprint density at radius 3 is 2.30 bits per heavy atom. The first-order valence-corrected chi connectivity index (χ1v) is 16.9. The Morgan fingerprint density at radius 1 is 0.681 bits per heavy atom. The van der Waals surface area contributed by atoms with Crippen LogP contribution in [0.1, 0.15) is 80.2 Å². The first-order valence-electron chi connectivity index (χ1n) is 16.9. The van der Waals surface area contributed by atoms with Crippen molar-refractivity contribution < 1.29 is 14.4 Å². The molecule has 0 amide bonds. The third-order valence-electron chi connectivity index (χ3n) is 10.9. The van der Waals surface area contributed by atoms with Gasteiger partial charge in [-0.3, -0.25) is 14.4 Å². The van der Waals surface area contributed by atoms with Crippen LogP contribution in [0, 0.1) is 29.6 Å². The van der Waals surface area contributed by atoms with Crippen molar-refractivity contribution in [1.82, 2.24) is 19.9 Å². The largest absolute Gasteiger partial charge is 0.355 e. The molecule has 234 valence electrons. The van der Waals surface area contributed by atoms with Gasteiger partial charge in [-0.25, -0.2) is 9.97 Å². The van der Waals surface area contributed by atoms with Gasteiger partial charge in [0, 0.05) is 59.1 Å². The third kappa shape index (κ3) is 4.74. The fourth-order valence-electron chi connectivity index (χ4n) is 8.51. The molecule has 7 aliphatic rings. The summed E-state index contributed by atoms with van der Waals surface area (Å²) in [6, 6.07) is 14.4. The van der Waals surface area contributed by atoms with Crippen LogP contribution in [-0.4, -0.2) is 37.3 Å². The van der Waals surface area contributed by atoms with Crippen molar-refractivity contribution in [3.8, 4) is 0 Å². The number of H-pyrrole nitrogens is 2. The fraction of sp³-hybridized carbons (Fsp3) is 0.325. The van der Waals surface area contributed by atoms with Gasteiger partial charge in [0.05, 0.1) is 28.7 Å². The normalized spacial score (nSPS) is 28.2. The number of hydrogen-bond acceptors (Lipinski definition) is 5. The van der Waals surface area contributed by atoms with Gasteiger partial charge >= 0.3 is 0 Å². The number of nitrogens with one attached hydrogen (secondary N) is 2. The van der Waals surface area contributed by atoms with Gasteiger partial charge in [0.1, 0.15) is 17.3 Å². The zero-order valence-corrected chi connectivity index (χ0v) is 26.5. The number of ketones is 3. The number of nitrogens with zero attached hydrogens (tertiary/aromatic N) is 2. The highest BCUT2D eigenvalue weighted by Crippen LogP contribution is 2.53. The van der Waals surface area contributed by atoms with E-state index in [1.165, 1.54) is 5.57 Å². The van der Waals surface area contributed by atoms with Crippen molar-refractivity contribution in [2.24, 2.45) is 29.6 Å². The monoisotopic (exact) mass is 620 g/mol. The Hall–Kier alpha value is -4.91. The second kappa shape index (κ2) is 10.6. The zero-order chi connectivity index (χ0) is 32.0. The van der Waals surface area contributed by atoms with Crippen LogP contribution in [0.5, 0.6) is 0 Å². The van der Waals surface area contributed by atoms with Crippen LogP contribution in [0.15, 0.2) is 66.8 Å². The van der Waals surface area contributed by atoms with Gasteiger partial charge in [-0.2, -0.15) is 0 Å². The van der Waals surface area contributed by atoms with Crippen molar-refractivity contribution in [3.05, 3.63) is 95.1 Å². The van der Waals surface area contributed by atoms with Crippen molar-refractivity contribution in [1.29, 1.82) is 0 Å². The van der Waals surface area contributed by atoms with E-state index in [0.29, 0.717) is 25.0 Å². The first kappa shape index (κ1) is 28.3. The van der Waals surface area contributed by atoms with Crippen LogP contribution >= 0.6 is 0 Å². The van der Waals surface area contributed by atoms with Gasteiger partial charge in [0.25, 0.3) is 0 Å². The van der Waals surface area contributed by atoms with E-state index in [-0.39, 0.29) is 47.1 Å². The van der Waals surface area contributed by atoms with Crippen LogP contribution in [-0.2, 0) is 14.4 Å². The highest BCUT2D eigenvalue weighted by atomic mass is 16.1. The number of carbonyl (C=O) groups excluding carboxylic acids is 3. The third-order valence-corrected chi connectivity index (χ3v) is 10.9. The Kier molecular flexibility index (Phi) is 6.36. The second-order valence-electron chi connectivity index (χ2n) is 14.2. The van der Waals surface area contributed by atoms with Gasteiger partial charge in [-0.05, 0) is 95.5 Å². The lowest BCUT2D eigenvalue weighted by Gasteiger charge is -2.36. The number of allylic oxidation sites excluding steroid dienone is 7. The quantitative estimate of drug-likeness (QED) is 0.284. The molecule has 6 atom stereocenters. The molecule has 3 aromatic heterocycles. The highest BCUT2D eigenvalue weighted by molar-refractivity contribution is 6.09. The molecule has 5 aliphatic carbocycles. The van der Waals surface area contributed by atoms with Crippen LogP contribution < -0.4 is 0 Å². The predicted octanol–water partition coefficient (Wildman–Crippen LogP) is 7.80. The van der Waals surface area contributed by atoms with Crippen molar-refractivity contribution in [3.63, 3.8) is 0 Å². The molecule has 0 saturated heterocycles. The van der Waals surface area contributed by atoms with Crippen molar-refractivity contribution in [2.45, 2.75) is 51.9 Å². The van der Waals surface area contributed by atoms with E-state index in [1.807, 2.05) is 43.4 Å². The van der Waals surface area contributed by atoms with Gasteiger partial charge in [-0.15, -0.1) is 0 Å². The van der Waals surface area contributed by atoms with Crippen molar-refractivity contribution in [2.75, 3.05) is 0 Å². The second-order valence-corrected chi connectivity index (χ2v) is 14.2. The fourth-order valence-corrected chi connectivity index (χ4v) is 8.51. The lowest BCUT2D eigenvalue weighted by Crippen LogP contribution is -2.31. The molecule has 0 radical (unpaired) electrons. The van der Waals surface area contributed by atoms with Crippen LogP contribution in [0.25, 0.3) is 44.9 Å². The van der Waals surface area contributed by atoms with Crippen LogP contribution in [0.3, 0.4) is 0 Å². The van der Waals surface area contributed by atoms with E-state index in [2.05, 4.69) is 53.3 Å². The summed E-state index contributed by atoms with van der Waals surface area (Å²) in [6.07, 6.45) is 13.7. The SMILES string of the molecule is CC1C=CC(C2=Cc3cc4ccc(cc5nc(cc6cc(C7C=CC(C)C(=O)C7)c(cc2n3)[nH]6)C2=C5C3CCC2CC3=O)[nH]4)C(=O)C1. The number of aromatic amines is 2. The van der Waals surface area contributed by atoms with Crippen LogP contribution in [0.4, 0.5) is 0 Å². The van der Waals surface area contributed by atoms with Crippen molar-refractivity contribution >= 4 is 62.2 Å². The molecule has 10 bridgehead atoms. The summed E-state index contributed by atoms with van der Waals surface area (Å²) in [7, 11) is 0. The highest BCUT2D eigenvalue weighted by Gasteiger charge is 2.44. The molecule has 2 aliphatic heterocycles. The van der Waals surface area contributed by atoms with Gasteiger partial charge < -0.3 is 9.97 Å². The number of aromatic nitrogens is 4. The maximum atomic E-state index is 13.3. The Morgan fingerprint density at radius 2 is 1.49 bits per heavy atom. The Labute approximate surface area is 272 Å². The minimum Gasteiger partial charge on any atom is -0.355 e. The number of Topliss-reactive ketones (excluding diaryl/α,β-unsaturated/α-hetero) is 3. The van der Waals surface area contributed by atoms with Gasteiger partial charge in [-0.1, -0.05) is 38.2 Å². The smallest absolute Gasteiger partial charge is 0.144 e. The molecule has 6 unspecified atom stereocenters. The Bertz CT molecular complexity index is 2210. The summed E-state index contributed by atoms with van der Waals surface area (Å²) in [6.45, 7) is 4.02. The maximum absolute atomic E-state index is 13.3. The minimum absolute atomic E-state index is 0.0805. The standard InChI is InChI=1S/C40H36N4O3/c1-20-3-9-28(37(46)11-20)31-16-26-14-24-7-8-25(41-24)17-35-40-29-10-6-23(13-38(29)47)39(40)34(44-35)18-27-15-30(32(43-27)19-33(31)42-26)22-5-4-21(2)36(45)12-22/h3-5,7-9,14-23,28-29,41,43H,6,10-13H2,1-2H3. The summed E-state index contributed by atoms with van der Waals surface area (Å²) in [5.74, 6) is 0.506. The topological polar surface area (TPSA) is 109 Å². The average molecular weight is 621 g/mol. The summed E-state index contributed by atoms with van der Waals surface area (Å²) < 4.78 is 0. The molecule has 2 N–H and O–H groups in total. The molecule has 0 aromatic carbocycles. The average Bonchev–Trinajstić information content (AvgIpc) is 3.83. The van der Waals surface area contributed by atoms with E-state index in [4.69, 9.17) is 9.97 Å². The lowest BCUT2D eigenvalue weighted by molar-refractivity contribution is -0.124. The number of hydrogen-bond donors (Lipinski definition) is 2. The molecule has 10 rings (SSSR count). The van der Waals surface area contributed by atoms with E-state index in [0.717, 1.165) is 74.4 Å². The lowest BCUT2D eigenvalue weighted by atomic mass is 9.65. The molecule has 3 aromatic rings. The zero-order valence-electron chi connectivity index (χ0n) is 26.5. The maximum Gasteiger partial charge on any atom is 0.144 e. The van der Waals surface area contributed by atoms with Crippen LogP contribution in [0.2, 0.25) is 0 Å². The first-order chi connectivity index (χ1) is 22.8. The molecule has 7 heteroatoms. The molecule has 0 spiro atoms. The van der Waals surface area contributed by atoms with Gasteiger partial charge in [0.15, 0.2) is 0 Å². The summed E-state index contributed by atoms with van der Waals surface area (Å²) >= 11 is 0. The molecule has 7 nitrogen and oxygen atoms in total. The number of fused-ring (bicyclic) bond motifs is 10. The molecule has 47 heavy (non-hydrogen) atoms. The predicted molar refractivity (Wildman–Crippen MR) is 184 cm³/mol. The molecular formula is C40H36N4O3. The van der Waals surface area contributed by atoms with Gasteiger partial charge in [0.2, 0.25) is 0 Å². The molecular weight excluding hydrogens is 584 g/mol. The molecule has 1 fully saturated rings. The summed E-state index contributed by atoms with van der Waals surface area (Å²) in [5, 5.41) is 0. The summed E-state index contributed by atoms with van der Waals surface area (Å²) in [4.78, 5) is 56.8.